The van der Waals surface area contributed by atoms with Gasteiger partial charge in [-0.1, -0.05) is 24.3 Å². The topological polar surface area (TPSA) is 71.1 Å². The summed E-state index contributed by atoms with van der Waals surface area (Å²) < 4.78 is 43.5. The van der Waals surface area contributed by atoms with Crippen molar-refractivity contribution in [1.82, 2.24) is 0 Å². The summed E-state index contributed by atoms with van der Waals surface area (Å²) in [6, 6.07) is 7.15. The van der Waals surface area contributed by atoms with E-state index in [1.165, 1.54) is 28.4 Å². The molecule has 114 valence electrons. The average Bonchev–Trinajstić information content (AvgIpc) is 2.49. The van der Waals surface area contributed by atoms with Crippen LogP contribution in [-0.4, -0.2) is 28.4 Å². The van der Waals surface area contributed by atoms with Crippen LogP contribution in [-0.2, 0) is 39.5 Å². The van der Waals surface area contributed by atoms with E-state index >= 15 is 0 Å². The average molecular weight is 322 g/mol. The quantitative estimate of drug-likeness (QED) is 0.680. The Bertz CT molecular complexity index is 450. The molecule has 0 atom stereocenters. The minimum atomic E-state index is -3.07. The maximum Gasteiger partial charge on any atom is 0.334 e. The van der Waals surface area contributed by atoms with Crippen molar-refractivity contribution in [3.05, 3.63) is 35.4 Å². The maximum atomic E-state index is 12.0. The van der Waals surface area contributed by atoms with Gasteiger partial charge < -0.3 is 18.1 Å². The molecular formula is C12H20O6P2. The van der Waals surface area contributed by atoms with Gasteiger partial charge in [-0.2, -0.15) is 0 Å². The van der Waals surface area contributed by atoms with Crippen molar-refractivity contribution in [2.24, 2.45) is 0 Å². The summed E-state index contributed by atoms with van der Waals surface area (Å²) in [7, 11) is -0.737. The van der Waals surface area contributed by atoms with E-state index in [1.54, 1.807) is 24.3 Å². The monoisotopic (exact) mass is 322 g/mol. The molecule has 0 amide bonds. The van der Waals surface area contributed by atoms with Crippen LogP contribution < -0.4 is 0 Å². The fourth-order valence-electron chi connectivity index (χ4n) is 1.60. The number of hydrogen-bond donors (Lipinski definition) is 0. The summed E-state index contributed by atoms with van der Waals surface area (Å²) in [4.78, 5) is 0. The molecule has 0 heterocycles. The SMILES string of the molecule is COP(=O)(Cc1ccc(CP(=O)(OC)OC)cc1)OC. The standard InChI is InChI=1S/C12H20O6P2/c1-15-19(13,16-2)9-11-5-7-12(8-6-11)10-20(14,17-3)18-4/h5-8H,9-10H2,1-4H3. The lowest BCUT2D eigenvalue weighted by Gasteiger charge is -2.15. The molecule has 0 aliphatic rings. The van der Waals surface area contributed by atoms with Gasteiger partial charge in [0.25, 0.3) is 0 Å². The molecule has 0 fully saturated rings. The number of benzene rings is 1. The Balaban J connectivity index is 2.79. The van der Waals surface area contributed by atoms with E-state index in [1.807, 2.05) is 0 Å². The van der Waals surface area contributed by atoms with E-state index in [0.717, 1.165) is 11.1 Å². The molecule has 1 aromatic carbocycles. The Morgan fingerprint density at radius 3 is 1.15 bits per heavy atom. The van der Waals surface area contributed by atoms with E-state index in [2.05, 4.69) is 0 Å². The predicted octanol–water partition coefficient (Wildman–Crippen LogP) is 3.66. The highest BCUT2D eigenvalue weighted by Crippen LogP contribution is 2.51. The van der Waals surface area contributed by atoms with Gasteiger partial charge in [0.05, 0.1) is 12.3 Å². The highest BCUT2D eigenvalue weighted by atomic mass is 31.2. The second kappa shape index (κ2) is 7.51. The van der Waals surface area contributed by atoms with Gasteiger partial charge >= 0.3 is 15.2 Å². The summed E-state index contributed by atoms with van der Waals surface area (Å²) >= 11 is 0. The zero-order chi connectivity index (χ0) is 15.2. The largest absolute Gasteiger partial charge is 0.334 e. The molecule has 0 bridgehead atoms. The molecule has 0 saturated heterocycles. The fourth-order valence-corrected chi connectivity index (χ4v) is 3.74. The van der Waals surface area contributed by atoms with Gasteiger partial charge in [-0.3, -0.25) is 9.13 Å². The second-order valence-electron chi connectivity index (χ2n) is 4.08. The molecule has 0 unspecified atom stereocenters. The Morgan fingerprint density at radius 1 is 0.700 bits per heavy atom. The summed E-state index contributed by atoms with van der Waals surface area (Å²) in [5, 5.41) is 0. The molecule has 0 radical (unpaired) electrons. The van der Waals surface area contributed by atoms with E-state index in [-0.39, 0.29) is 12.3 Å². The van der Waals surface area contributed by atoms with Gasteiger partial charge in [0.1, 0.15) is 0 Å². The van der Waals surface area contributed by atoms with Gasteiger partial charge in [-0.25, -0.2) is 0 Å². The molecule has 0 aliphatic heterocycles. The first-order valence-corrected chi connectivity index (χ1v) is 9.35. The van der Waals surface area contributed by atoms with E-state index in [0.29, 0.717) is 0 Å². The van der Waals surface area contributed by atoms with Crippen LogP contribution in [0.3, 0.4) is 0 Å². The third-order valence-corrected chi connectivity index (χ3v) is 6.62. The third kappa shape index (κ3) is 4.81. The maximum absolute atomic E-state index is 12.0. The highest BCUT2D eigenvalue weighted by Gasteiger charge is 2.23. The van der Waals surface area contributed by atoms with Crippen molar-refractivity contribution < 1.29 is 27.2 Å². The lowest BCUT2D eigenvalue weighted by Crippen LogP contribution is -1.96. The van der Waals surface area contributed by atoms with Crippen LogP contribution in [0.1, 0.15) is 11.1 Å². The number of hydrogen-bond acceptors (Lipinski definition) is 6. The smallest absolute Gasteiger partial charge is 0.312 e. The molecule has 0 aromatic heterocycles. The normalized spacial score (nSPS) is 12.6. The zero-order valence-electron chi connectivity index (χ0n) is 12.1. The van der Waals surface area contributed by atoms with Crippen molar-refractivity contribution in [2.45, 2.75) is 12.3 Å². The Hall–Kier alpha value is -0.480. The van der Waals surface area contributed by atoms with Crippen LogP contribution in [0.15, 0.2) is 24.3 Å². The first kappa shape index (κ1) is 17.6. The van der Waals surface area contributed by atoms with Gasteiger partial charge in [0, 0.05) is 28.4 Å². The van der Waals surface area contributed by atoms with Crippen molar-refractivity contribution in [1.29, 1.82) is 0 Å². The number of rotatable bonds is 8. The van der Waals surface area contributed by atoms with Crippen LogP contribution in [0.5, 0.6) is 0 Å². The van der Waals surface area contributed by atoms with E-state index in [4.69, 9.17) is 18.1 Å². The third-order valence-electron chi connectivity index (χ3n) is 2.89. The first-order valence-electron chi connectivity index (χ1n) is 5.89. The van der Waals surface area contributed by atoms with E-state index in [9.17, 15) is 9.13 Å². The lowest BCUT2D eigenvalue weighted by atomic mass is 10.2. The van der Waals surface area contributed by atoms with Gasteiger partial charge in [-0.15, -0.1) is 0 Å². The molecule has 0 saturated carbocycles. The fraction of sp³-hybridized carbons (Fsp3) is 0.500. The Labute approximate surface area is 119 Å². The molecule has 20 heavy (non-hydrogen) atoms. The predicted molar refractivity (Wildman–Crippen MR) is 77.1 cm³/mol. The molecule has 1 aromatic rings. The Morgan fingerprint density at radius 2 is 0.950 bits per heavy atom. The molecule has 0 N–H and O–H groups in total. The summed E-state index contributed by atoms with van der Waals surface area (Å²) in [6.07, 6.45) is 0.374. The molecule has 8 heteroatoms. The van der Waals surface area contributed by atoms with Crippen molar-refractivity contribution >= 4 is 15.2 Å². The highest BCUT2D eigenvalue weighted by molar-refractivity contribution is 7.53. The first-order chi connectivity index (χ1) is 9.40. The van der Waals surface area contributed by atoms with Gasteiger partial charge in [-0.05, 0) is 11.1 Å². The van der Waals surface area contributed by atoms with Crippen molar-refractivity contribution in [3.63, 3.8) is 0 Å². The molecule has 1 rings (SSSR count). The van der Waals surface area contributed by atoms with E-state index < -0.39 is 15.2 Å². The van der Waals surface area contributed by atoms with Crippen LogP contribution in [0.4, 0.5) is 0 Å². The van der Waals surface area contributed by atoms with Crippen LogP contribution in [0.2, 0.25) is 0 Å². The van der Waals surface area contributed by atoms with Crippen molar-refractivity contribution in [2.75, 3.05) is 28.4 Å². The van der Waals surface area contributed by atoms with Crippen LogP contribution in [0, 0.1) is 0 Å². The Kier molecular flexibility index (Phi) is 6.59. The molecule has 0 spiro atoms. The minimum absolute atomic E-state index is 0.187. The van der Waals surface area contributed by atoms with Gasteiger partial charge in [0.2, 0.25) is 0 Å². The van der Waals surface area contributed by atoms with Crippen molar-refractivity contribution in [3.8, 4) is 0 Å². The van der Waals surface area contributed by atoms with Crippen LogP contribution in [0.25, 0.3) is 0 Å². The second-order valence-corrected chi connectivity index (χ2v) is 8.62. The molecular weight excluding hydrogens is 302 g/mol. The molecule has 6 nitrogen and oxygen atoms in total. The molecule has 0 aliphatic carbocycles. The summed E-state index contributed by atoms with van der Waals surface area (Å²) in [6.45, 7) is 0. The minimum Gasteiger partial charge on any atom is -0.312 e. The zero-order valence-corrected chi connectivity index (χ0v) is 13.9. The summed E-state index contributed by atoms with van der Waals surface area (Å²) in [5.74, 6) is 0. The lowest BCUT2D eigenvalue weighted by molar-refractivity contribution is 0.273. The van der Waals surface area contributed by atoms with Gasteiger partial charge in [0.15, 0.2) is 0 Å². The van der Waals surface area contributed by atoms with Crippen LogP contribution >= 0.6 is 15.2 Å². The summed E-state index contributed by atoms with van der Waals surface area (Å²) in [5.41, 5.74) is 1.62.